The van der Waals surface area contributed by atoms with Crippen LogP contribution in [0.25, 0.3) is 10.9 Å². The van der Waals surface area contributed by atoms with Crippen LogP contribution in [0, 0.1) is 0 Å². The molecule has 4 nitrogen and oxygen atoms in total. The largest absolute Gasteiger partial charge is 0.361 e. The zero-order valence-electron chi connectivity index (χ0n) is 9.21. The van der Waals surface area contributed by atoms with Crippen molar-refractivity contribution in [2.45, 2.75) is 13.3 Å². The number of carbonyl (C=O) groups is 1. The first kappa shape index (κ1) is 10.5. The van der Waals surface area contributed by atoms with Gasteiger partial charge in [-0.1, -0.05) is 13.0 Å². The summed E-state index contributed by atoms with van der Waals surface area (Å²) in [4.78, 5) is 14.6. The first-order chi connectivity index (χ1) is 7.81. The number of hydrogen-bond donors (Lipinski definition) is 3. The van der Waals surface area contributed by atoms with Crippen LogP contribution in [0.3, 0.4) is 0 Å². The van der Waals surface area contributed by atoms with Gasteiger partial charge in [0.05, 0.1) is 5.69 Å². The van der Waals surface area contributed by atoms with E-state index in [1.165, 1.54) is 0 Å². The number of aromatic nitrogens is 1. The number of hydrogen-bond acceptors (Lipinski definition) is 1. The highest BCUT2D eigenvalue weighted by molar-refractivity contribution is 6.00. The highest BCUT2D eigenvalue weighted by atomic mass is 16.2. The van der Waals surface area contributed by atoms with E-state index in [1.807, 2.05) is 37.4 Å². The van der Waals surface area contributed by atoms with E-state index >= 15 is 0 Å². The molecule has 16 heavy (non-hydrogen) atoms. The molecule has 0 aliphatic carbocycles. The highest BCUT2D eigenvalue weighted by Crippen LogP contribution is 2.21. The number of nitrogens with one attached hydrogen (secondary N) is 3. The Balaban J connectivity index is 2.14. The second kappa shape index (κ2) is 4.70. The van der Waals surface area contributed by atoms with E-state index in [9.17, 15) is 4.79 Å². The lowest BCUT2D eigenvalue weighted by atomic mass is 10.2. The van der Waals surface area contributed by atoms with E-state index in [1.54, 1.807) is 0 Å². The van der Waals surface area contributed by atoms with Gasteiger partial charge >= 0.3 is 6.03 Å². The third-order valence-electron chi connectivity index (χ3n) is 2.38. The molecule has 0 saturated heterocycles. The Labute approximate surface area is 94.0 Å². The molecule has 1 aromatic carbocycles. The Morgan fingerprint density at radius 2 is 2.25 bits per heavy atom. The van der Waals surface area contributed by atoms with Crippen LogP contribution in [0.1, 0.15) is 13.3 Å². The van der Waals surface area contributed by atoms with Crippen molar-refractivity contribution < 1.29 is 4.79 Å². The van der Waals surface area contributed by atoms with Gasteiger partial charge in [0, 0.05) is 23.6 Å². The van der Waals surface area contributed by atoms with Crippen molar-refractivity contribution in [3.05, 3.63) is 30.5 Å². The van der Waals surface area contributed by atoms with Crippen molar-refractivity contribution in [2.75, 3.05) is 11.9 Å². The molecule has 2 aromatic rings. The molecule has 0 atom stereocenters. The number of anilines is 1. The molecule has 2 rings (SSSR count). The zero-order chi connectivity index (χ0) is 11.4. The summed E-state index contributed by atoms with van der Waals surface area (Å²) in [7, 11) is 0. The Morgan fingerprint density at radius 1 is 1.38 bits per heavy atom. The molecule has 1 aromatic heterocycles. The van der Waals surface area contributed by atoms with Crippen molar-refractivity contribution in [1.82, 2.24) is 10.3 Å². The fourth-order valence-electron chi connectivity index (χ4n) is 1.60. The van der Waals surface area contributed by atoms with Gasteiger partial charge in [-0.25, -0.2) is 4.79 Å². The average molecular weight is 217 g/mol. The molecule has 1 heterocycles. The van der Waals surface area contributed by atoms with E-state index in [-0.39, 0.29) is 6.03 Å². The standard InChI is InChI=1S/C12H15N3O/c1-2-7-14-12(16)15-11-5-3-4-10-9(11)6-8-13-10/h3-6,8,13H,2,7H2,1H3,(H2,14,15,16). The third-order valence-corrected chi connectivity index (χ3v) is 2.38. The van der Waals surface area contributed by atoms with Crippen LogP contribution >= 0.6 is 0 Å². The number of amides is 2. The fraction of sp³-hybridized carbons (Fsp3) is 0.250. The molecule has 0 radical (unpaired) electrons. The second-order valence-corrected chi connectivity index (χ2v) is 3.63. The minimum Gasteiger partial charge on any atom is -0.361 e. The molecule has 0 unspecified atom stereocenters. The van der Waals surface area contributed by atoms with Crippen LogP contribution in [-0.4, -0.2) is 17.6 Å². The molecule has 0 aliphatic rings. The zero-order valence-corrected chi connectivity index (χ0v) is 9.21. The molecule has 0 aliphatic heterocycles. The minimum absolute atomic E-state index is 0.157. The van der Waals surface area contributed by atoms with Gasteiger partial charge < -0.3 is 15.6 Å². The summed E-state index contributed by atoms with van der Waals surface area (Å²) < 4.78 is 0. The van der Waals surface area contributed by atoms with Crippen molar-refractivity contribution in [2.24, 2.45) is 0 Å². The molecule has 0 bridgehead atoms. The van der Waals surface area contributed by atoms with Gasteiger partial charge in [0.1, 0.15) is 0 Å². The molecule has 2 amide bonds. The predicted molar refractivity (Wildman–Crippen MR) is 65.6 cm³/mol. The molecule has 3 N–H and O–H groups in total. The van der Waals surface area contributed by atoms with Crippen molar-refractivity contribution >= 4 is 22.6 Å². The predicted octanol–water partition coefficient (Wildman–Crippen LogP) is 2.70. The number of fused-ring (bicyclic) bond motifs is 1. The molecule has 84 valence electrons. The van der Waals surface area contributed by atoms with Gasteiger partial charge in [-0.3, -0.25) is 0 Å². The van der Waals surface area contributed by atoms with Crippen LogP contribution in [0.2, 0.25) is 0 Å². The first-order valence-electron chi connectivity index (χ1n) is 5.42. The maximum absolute atomic E-state index is 11.5. The normalized spacial score (nSPS) is 10.3. The van der Waals surface area contributed by atoms with E-state index in [2.05, 4.69) is 15.6 Å². The molecule has 0 saturated carbocycles. The van der Waals surface area contributed by atoms with E-state index in [0.717, 1.165) is 23.0 Å². The van der Waals surface area contributed by atoms with Crippen molar-refractivity contribution in [3.8, 4) is 0 Å². The summed E-state index contributed by atoms with van der Waals surface area (Å²) in [5.74, 6) is 0. The molecule has 0 fully saturated rings. The number of benzene rings is 1. The summed E-state index contributed by atoms with van der Waals surface area (Å²) in [5, 5.41) is 6.64. The lowest BCUT2D eigenvalue weighted by molar-refractivity contribution is 0.252. The van der Waals surface area contributed by atoms with E-state index in [4.69, 9.17) is 0 Å². The molecule has 0 spiro atoms. The SMILES string of the molecule is CCCNC(=O)Nc1cccc2[nH]ccc12. The third kappa shape index (κ3) is 2.16. The van der Waals surface area contributed by atoms with Crippen molar-refractivity contribution in [3.63, 3.8) is 0 Å². The summed E-state index contributed by atoms with van der Waals surface area (Å²) in [5.41, 5.74) is 1.85. The first-order valence-corrected chi connectivity index (χ1v) is 5.42. The number of urea groups is 1. The number of rotatable bonds is 3. The summed E-state index contributed by atoms with van der Waals surface area (Å²) in [6, 6.07) is 7.57. The van der Waals surface area contributed by atoms with E-state index in [0.29, 0.717) is 6.54 Å². The Morgan fingerprint density at radius 3 is 3.06 bits per heavy atom. The Bertz CT molecular complexity index is 490. The summed E-state index contributed by atoms with van der Waals surface area (Å²) in [6.07, 6.45) is 2.79. The fourth-order valence-corrected chi connectivity index (χ4v) is 1.60. The topological polar surface area (TPSA) is 56.9 Å². The second-order valence-electron chi connectivity index (χ2n) is 3.63. The van der Waals surface area contributed by atoms with Crippen LogP contribution in [0.5, 0.6) is 0 Å². The molecular weight excluding hydrogens is 202 g/mol. The summed E-state index contributed by atoms with van der Waals surface area (Å²) >= 11 is 0. The smallest absolute Gasteiger partial charge is 0.319 e. The van der Waals surface area contributed by atoms with Gasteiger partial charge in [0.25, 0.3) is 0 Å². The lowest BCUT2D eigenvalue weighted by Crippen LogP contribution is -2.29. The van der Waals surface area contributed by atoms with Crippen molar-refractivity contribution in [1.29, 1.82) is 0 Å². The van der Waals surface area contributed by atoms with Crippen LogP contribution in [0.15, 0.2) is 30.5 Å². The van der Waals surface area contributed by atoms with Gasteiger partial charge in [0.15, 0.2) is 0 Å². The highest BCUT2D eigenvalue weighted by Gasteiger charge is 2.04. The lowest BCUT2D eigenvalue weighted by Gasteiger charge is -2.07. The summed E-state index contributed by atoms with van der Waals surface area (Å²) in [6.45, 7) is 2.71. The van der Waals surface area contributed by atoms with E-state index < -0.39 is 0 Å². The van der Waals surface area contributed by atoms with Crippen LogP contribution in [0.4, 0.5) is 10.5 Å². The molecule has 4 heteroatoms. The number of aromatic amines is 1. The minimum atomic E-state index is -0.157. The van der Waals surface area contributed by atoms with Crippen LogP contribution < -0.4 is 10.6 Å². The van der Waals surface area contributed by atoms with Gasteiger partial charge in [-0.15, -0.1) is 0 Å². The Hall–Kier alpha value is -1.97. The Kier molecular flexibility index (Phi) is 3.10. The number of H-pyrrole nitrogens is 1. The maximum Gasteiger partial charge on any atom is 0.319 e. The van der Waals surface area contributed by atoms with Gasteiger partial charge in [-0.2, -0.15) is 0 Å². The maximum atomic E-state index is 11.5. The van der Waals surface area contributed by atoms with Gasteiger partial charge in [0.2, 0.25) is 0 Å². The quantitative estimate of drug-likeness (QED) is 0.727. The van der Waals surface area contributed by atoms with Crippen LogP contribution in [-0.2, 0) is 0 Å². The number of carbonyl (C=O) groups excluding carboxylic acids is 1. The average Bonchev–Trinajstić information content (AvgIpc) is 2.75. The monoisotopic (exact) mass is 217 g/mol. The van der Waals surface area contributed by atoms with Gasteiger partial charge in [-0.05, 0) is 24.6 Å². The molecular formula is C12H15N3O.